The number of nitrogens with zero attached hydrogens (tertiary/aromatic N) is 1. The van der Waals surface area contributed by atoms with E-state index in [4.69, 9.17) is 0 Å². The van der Waals surface area contributed by atoms with Gasteiger partial charge in [-0.3, -0.25) is 4.79 Å². The van der Waals surface area contributed by atoms with E-state index < -0.39 is 7.12 Å². The summed E-state index contributed by atoms with van der Waals surface area (Å²) < 4.78 is 0. The summed E-state index contributed by atoms with van der Waals surface area (Å²) in [6, 6.07) is 26.1. The summed E-state index contributed by atoms with van der Waals surface area (Å²) in [5.74, 6) is -0.100. The number of hydrogen-bond acceptors (Lipinski definition) is 3. The highest BCUT2D eigenvalue weighted by Gasteiger charge is 2.18. The summed E-state index contributed by atoms with van der Waals surface area (Å²) in [5.41, 5.74) is 2.99. The van der Waals surface area contributed by atoms with Crippen molar-refractivity contribution >= 4 is 18.5 Å². The molecule has 0 unspecified atom stereocenters. The van der Waals surface area contributed by atoms with Gasteiger partial charge in [0, 0.05) is 18.7 Å². The number of benzene rings is 3. The average Bonchev–Trinajstić information content (AvgIpc) is 2.68. The number of amides is 1. The predicted molar refractivity (Wildman–Crippen MR) is 109 cm³/mol. The maximum absolute atomic E-state index is 13.0. The summed E-state index contributed by atoms with van der Waals surface area (Å²) in [6.07, 6.45) is 0. The fourth-order valence-corrected chi connectivity index (χ4v) is 2.79. The molecule has 2 N–H and O–H groups in total. The average molecular weight is 361 g/mol. The Kier molecular flexibility index (Phi) is 7.35. The quantitative estimate of drug-likeness (QED) is 0.664. The first-order valence-electron chi connectivity index (χ1n) is 8.47. The topological polar surface area (TPSA) is 60.8 Å². The zero-order chi connectivity index (χ0) is 18.4. The number of carbonyl (C=O) groups excluding carboxylic acids is 1. The largest absolute Gasteiger partial charge is 0.488 e. The van der Waals surface area contributed by atoms with Crippen LogP contribution >= 0.6 is 0 Å². The van der Waals surface area contributed by atoms with Crippen LogP contribution in [0, 0.1) is 0 Å². The lowest BCUT2D eigenvalue weighted by Crippen LogP contribution is -2.32. The molecule has 0 saturated heterocycles. The molecule has 27 heavy (non-hydrogen) atoms. The first kappa shape index (κ1) is 20.4. The van der Waals surface area contributed by atoms with E-state index in [2.05, 4.69) is 0 Å². The molecule has 0 aliphatic rings. The van der Waals surface area contributed by atoms with E-state index in [1.54, 1.807) is 29.2 Å². The van der Waals surface area contributed by atoms with Crippen molar-refractivity contribution in [2.45, 2.75) is 20.5 Å². The van der Waals surface area contributed by atoms with Crippen molar-refractivity contribution in [2.24, 2.45) is 0 Å². The maximum atomic E-state index is 13.0. The number of carbonyl (C=O) groups is 1. The van der Waals surface area contributed by atoms with Crippen molar-refractivity contribution < 1.29 is 14.8 Å². The molecule has 1 amide bonds. The van der Waals surface area contributed by atoms with Gasteiger partial charge in [-0.2, -0.15) is 0 Å². The van der Waals surface area contributed by atoms with Crippen LogP contribution in [0.2, 0.25) is 0 Å². The van der Waals surface area contributed by atoms with Gasteiger partial charge in [0.2, 0.25) is 0 Å². The van der Waals surface area contributed by atoms with Crippen LogP contribution in [-0.4, -0.2) is 28.0 Å². The molecule has 0 saturated carbocycles. The summed E-state index contributed by atoms with van der Waals surface area (Å²) in [5, 5.41) is 18.4. The summed E-state index contributed by atoms with van der Waals surface area (Å²) >= 11 is 0. The van der Waals surface area contributed by atoms with Gasteiger partial charge < -0.3 is 14.9 Å². The van der Waals surface area contributed by atoms with Crippen molar-refractivity contribution in [2.75, 3.05) is 0 Å². The Morgan fingerprint density at radius 3 is 1.59 bits per heavy atom. The SMILES string of the molecule is C.O=C(c1ccc(B(O)O)cc1)N(Cc1ccccc1)Cc1ccccc1. The first-order chi connectivity index (χ1) is 12.6. The molecule has 3 aromatic carbocycles. The maximum Gasteiger partial charge on any atom is 0.488 e. The smallest absolute Gasteiger partial charge is 0.423 e. The van der Waals surface area contributed by atoms with Gasteiger partial charge in [0.05, 0.1) is 0 Å². The molecule has 0 aliphatic carbocycles. The van der Waals surface area contributed by atoms with Gasteiger partial charge in [-0.1, -0.05) is 80.2 Å². The van der Waals surface area contributed by atoms with Gasteiger partial charge in [0.15, 0.2) is 0 Å². The number of rotatable bonds is 6. The molecule has 0 atom stereocenters. The molecular weight excluding hydrogens is 337 g/mol. The van der Waals surface area contributed by atoms with E-state index in [9.17, 15) is 14.8 Å². The van der Waals surface area contributed by atoms with Crippen LogP contribution in [0.5, 0.6) is 0 Å². The standard InChI is InChI=1S/C21H20BNO3.CH4/c24-21(19-11-13-20(14-12-19)22(25)26)23(15-17-7-3-1-4-8-17)16-18-9-5-2-6-10-18;/h1-14,25-26H,15-16H2;1H4. The lowest BCUT2D eigenvalue weighted by Gasteiger charge is -2.23. The number of hydrogen-bond donors (Lipinski definition) is 2. The molecule has 0 fully saturated rings. The third-order valence-electron chi connectivity index (χ3n) is 4.18. The minimum Gasteiger partial charge on any atom is -0.423 e. The van der Waals surface area contributed by atoms with Gasteiger partial charge in [-0.25, -0.2) is 0 Å². The van der Waals surface area contributed by atoms with Crippen LogP contribution < -0.4 is 5.46 Å². The minimum absolute atomic E-state index is 0. The molecular formula is C22H24BNO3. The monoisotopic (exact) mass is 361 g/mol. The van der Waals surface area contributed by atoms with Gasteiger partial charge >= 0.3 is 7.12 Å². The van der Waals surface area contributed by atoms with Crippen LogP contribution in [0.15, 0.2) is 84.9 Å². The second kappa shape index (κ2) is 9.71. The fraction of sp³-hybridized carbons (Fsp3) is 0.136. The molecule has 0 aromatic heterocycles. The minimum atomic E-state index is -1.54. The molecule has 4 nitrogen and oxygen atoms in total. The Labute approximate surface area is 160 Å². The molecule has 0 heterocycles. The third-order valence-corrected chi connectivity index (χ3v) is 4.18. The lowest BCUT2D eigenvalue weighted by atomic mass is 9.80. The van der Waals surface area contributed by atoms with Crippen molar-refractivity contribution in [1.29, 1.82) is 0 Å². The molecule has 0 aliphatic heterocycles. The zero-order valence-corrected chi connectivity index (χ0v) is 14.3. The second-order valence-electron chi connectivity index (χ2n) is 6.13. The Morgan fingerprint density at radius 2 is 1.19 bits per heavy atom. The van der Waals surface area contributed by atoms with E-state index in [0.29, 0.717) is 24.1 Å². The highest BCUT2D eigenvalue weighted by atomic mass is 16.4. The van der Waals surface area contributed by atoms with E-state index in [1.165, 1.54) is 0 Å². The van der Waals surface area contributed by atoms with Gasteiger partial charge in [-0.15, -0.1) is 0 Å². The van der Waals surface area contributed by atoms with Crippen LogP contribution in [0.3, 0.4) is 0 Å². The first-order valence-corrected chi connectivity index (χ1v) is 8.47. The molecule has 5 heteroatoms. The molecule has 0 radical (unpaired) electrons. The van der Waals surface area contributed by atoms with Crippen molar-refractivity contribution in [3.8, 4) is 0 Å². The predicted octanol–water partition coefficient (Wildman–Crippen LogP) is 2.85. The second-order valence-corrected chi connectivity index (χ2v) is 6.13. The van der Waals surface area contributed by atoms with E-state index in [0.717, 1.165) is 11.1 Å². The highest BCUT2D eigenvalue weighted by Crippen LogP contribution is 2.14. The van der Waals surface area contributed by atoms with Gasteiger partial charge in [-0.05, 0) is 28.7 Å². The van der Waals surface area contributed by atoms with Gasteiger partial charge in [0.25, 0.3) is 5.91 Å². The Hall–Kier alpha value is -2.89. The molecule has 3 rings (SSSR count). The van der Waals surface area contributed by atoms with Crippen LogP contribution in [0.25, 0.3) is 0 Å². The van der Waals surface area contributed by atoms with Gasteiger partial charge in [0.1, 0.15) is 0 Å². The molecule has 3 aromatic rings. The van der Waals surface area contributed by atoms with Crippen molar-refractivity contribution in [3.05, 3.63) is 102 Å². The lowest BCUT2D eigenvalue weighted by molar-refractivity contribution is 0.0730. The summed E-state index contributed by atoms with van der Waals surface area (Å²) in [6.45, 7) is 0.998. The van der Waals surface area contributed by atoms with E-state index in [1.807, 2.05) is 60.7 Å². The zero-order valence-electron chi connectivity index (χ0n) is 14.3. The molecule has 0 spiro atoms. The Balaban J connectivity index is 0.00000261. The van der Waals surface area contributed by atoms with E-state index >= 15 is 0 Å². The fourth-order valence-electron chi connectivity index (χ4n) is 2.79. The highest BCUT2D eigenvalue weighted by molar-refractivity contribution is 6.58. The van der Waals surface area contributed by atoms with Crippen LogP contribution in [0.1, 0.15) is 28.9 Å². The van der Waals surface area contributed by atoms with Crippen molar-refractivity contribution in [1.82, 2.24) is 4.90 Å². The van der Waals surface area contributed by atoms with Crippen LogP contribution in [0.4, 0.5) is 0 Å². The van der Waals surface area contributed by atoms with E-state index in [-0.39, 0.29) is 13.3 Å². The Morgan fingerprint density at radius 1 is 0.741 bits per heavy atom. The normalized spacial score (nSPS) is 10.0. The van der Waals surface area contributed by atoms with Crippen LogP contribution in [-0.2, 0) is 13.1 Å². The summed E-state index contributed by atoms with van der Waals surface area (Å²) in [7, 11) is -1.54. The third kappa shape index (κ3) is 5.54. The van der Waals surface area contributed by atoms with Crippen molar-refractivity contribution in [3.63, 3.8) is 0 Å². The Bertz CT molecular complexity index is 795. The summed E-state index contributed by atoms with van der Waals surface area (Å²) in [4.78, 5) is 14.8. The molecule has 138 valence electrons. The molecule has 0 bridgehead atoms.